The Kier molecular flexibility index (Phi) is 9.95. The second-order valence-electron chi connectivity index (χ2n) is 9.11. The Morgan fingerprint density at radius 3 is 2.74 bits per heavy atom. The topological polar surface area (TPSA) is 64.4 Å². The predicted octanol–water partition coefficient (Wildman–Crippen LogP) is 4.90. The summed E-state index contributed by atoms with van der Waals surface area (Å²) in [7, 11) is 0. The molecule has 1 aliphatic heterocycles. The second-order valence-corrected chi connectivity index (χ2v) is 9.73. The Hall–Kier alpha value is -2.16. The summed E-state index contributed by atoms with van der Waals surface area (Å²) in [6.45, 7) is 3.71. The van der Waals surface area contributed by atoms with E-state index in [0.717, 1.165) is 37.7 Å². The highest BCUT2D eigenvalue weighted by Crippen LogP contribution is 2.39. The average Bonchev–Trinajstić information content (AvgIpc) is 3.58. The van der Waals surface area contributed by atoms with E-state index in [-0.39, 0.29) is 47.7 Å². The van der Waals surface area contributed by atoms with Crippen LogP contribution in [0.25, 0.3) is 6.08 Å². The van der Waals surface area contributed by atoms with Crippen LogP contribution in [0.3, 0.4) is 0 Å². The first-order chi connectivity index (χ1) is 16.5. The highest BCUT2D eigenvalue weighted by molar-refractivity contribution is 7.81. The molecule has 2 aromatic rings. The molecule has 1 aromatic heterocycles. The summed E-state index contributed by atoms with van der Waals surface area (Å²) in [6.07, 6.45) is 8.05. The molecule has 0 N–H and O–H groups in total. The number of thiol groups is 1. The zero-order valence-electron chi connectivity index (χ0n) is 19.9. The van der Waals surface area contributed by atoms with Gasteiger partial charge >= 0.3 is 5.97 Å². The first kappa shape index (κ1) is 27.4. The fourth-order valence-electron chi connectivity index (χ4n) is 4.31. The third kappa shape index (κ3) is 7.18. The minimum atomic E-state index is -0.589. The summed E-state index contributed by atoms with van der Waals surface area (Å²) < 4.78 is 21.5. The number of hydrogen-bond donors (Lipinski definition) is 1. The van der Waals surface area contributed by atoms with Crippen LogP contribution in [0, 0.1) is 11.7 Å². The van der Waals surface area contributed by atoms with Gasteiger partial charge in [0.25, 0.3) is 0 Å². The molecule has 1 aromatic carbocycles. The van der Waals surface area contributed by atoms with Crippen LogP contribution in [0.2, 0.25) is 0 Å². The first-order valence-corrected chi connectivity index (χ1v) is 12.6. The Labute approximate surface area is 217 Å². The molecule has 35 heavy (non-hydrogen) atoms. The molecule has 4 rings (SSSR count). The van der Waals surface area contributed by atoms with Crippen LogP contribution in [-0.2, 0) is 20.9 Å². The van der Waals surface area contributed by atoms with E-state index >= 15 is 0 Å². The number of benzene rings is 1. The van der Waals surface area contributed by atoms with E-state index < -0.39 is 6.04 Å². The van der Waals surface area contributed by atoms with E-state index in [1.165, 1.54) is 6.07 Å². The third-order valence-corrected chi connectivity index (χ3v) is 6.95. The quantitative estimate of drug-likeness (QED) is 0.274. The van der Waals surface area contributed by atoms with Gasteiger partial charge in [0.1, 0.15) is 12.4 Å². The number of carbonyl (C=O) groups is 2. The molecule has 1 saturated heterocycles. The van der Waals surface area contributed by atoms with E-state index in [1.807, 2.05) is 19.1 Å². The van der Waals surface area contributed by atoms with Crippen molar-refractivity contribution >= 4 is 42.9 Å². The molecule has 2 unspecified atom stereocenters. The van der Waals surface area contributed by atoms with Crippen molar-refractivity contribution in [3.05, 3.63) is 59.2 Å². The highest BCUT2D eigenvalue weighted by Gasteiger charge is 2.40. The SMILES string of the molecule is CCCCOC(=O)Cn1ccc(/C=C2\CN(C(C(=O)C3CC3)c3ccccc3F)CCC2S)n1.Cl. The number of nitrogens with zero attached hydrogens (tertiary/aromatic N) is 3. The Morgan fingerprint density at radius 1 is 1.26 bits per heavy atom. The van der Waals surface area contributed by atoms with Gasteiger partial charge in [-0.2, -0.15) is 17.7 Å². The number of ether oxygens (including phenoxy) is 1. The zero-order chi connectivity index (χ0) is 24.1. The van der Waals surface area contributed by atoms with Gasteiger partial charge in [-0.1, -0.05) is 31.5 Å². The van der Waals surface area contributed by atoms with Crippen molar-refractivity contribution in [3.63, 3.8) is 0 Å². The lowest BCUT2D eigenvalue weighted by atomic mass is 9.93. The van der Waals surface area contributed by atoms with Crippen LogP contribution in [0.1, 0.15) is 56.3 Å². The molecule has 2 atom stereocenters. The summed E-state index contributed by atoms with van der Waals surface area (Å²) in [5, 5.41) is 4.51. The van der Waals surface area contributed by atoms with Gasteiger partial charge in [0, 0.05) is 36.0 Å². The van der Waals surface area contributed by atoms with Crippen LogP contribution < -0.4 is 0 Å². The van der Waals surface area contributed by atoms with E-state index in [2.05, 4.69) is 10.00 Å². The van der Waals surface area contributed by atoms with Crippen LogP contribution in [0.4, 0.5) is 4.39 Å². The number of likely N-dealkylation sites (tertiary alicyclic amines) is 1. The van der Waals surface area contributed by atoms with Crippen LogP contribution in [0.15, 0.2) is 42.1 Å². The van der Waals surface area contributed by atoms with Gasteiger partial charge in [-0.15, -0.1) is 12.4 Å². The fraction of sp³-hybridized carbons (Fsp3) is 0.500. The second kappa shape index (κ2) is 12.7. The van der Waals surface area contributed by atoms with Crippen molar-refractivity contribution in [2.24, 2.45) is 5.92 Å². The maximum Gasteiger partial charge on any atom is 0.327 e. The number of unbranched alkanes of at least 4 members (excludes halogenated alkanes) is 1. The number of hydrogen-bond acceptors (Lipinski definition) is 6. The van der Waals surface area contributed by atoms with Crippen molar-refractivity contribution in [1.82, 2.24) is 14.7 Å². The Morgan fingerprint density at radius 2 is 2.03 bits per heavy atom. The standard InChI is InChI=1S/C26H32FN3O3S.ClH/c1-2-3-14-33-24(31)17-30-13-10-20(28-30)15-19-16-29(12-11-23(19)34)25(26(32)18-8-9-18)21-6-4-5-7-22(21)27;/h4-7,10,13,15,18,23,25,34H,2-3,8-9,11-12,14,16-17H2,1H3;1H/b19-15+;. The van der Waals surface area contributed by atoms with Crippen LogP contribution in [-0.4, -0.2) is 51.4 Å². The van der Waals surface area contributed by atoms with Gasteiger partial charge in [-0.05, 0) is 49.5 Å². The van der Waals surface area contributed by atoms with Gasteiger partial charge in [0.2, 0.25) is 0 Å². The summed E-state index contributed by atoms with van der Waals surface area (Å²) in [5.41, 5.74) is 2.19. The summed E-state index contributed by atoms with van der Waals surface area (Å²) in [6, 6.07) is 7.83. The Balaban J connectivity index is 0.00000342. The van der Waals surface area contributed by atoms with Crippen molar-refractivity contribution in [2.75, 3.05) is 19.7 Å². The van der Waals surface area contributed by atoms with Crippen molar-refractivity contribution in [1.29, 1.82) is 0 Å². The lowest BCUT2D eigenvalue weighted by Crippen LogP contribution is -2.42. The molecule has 1 aliphatic carbocycles. The van der Waals surface area contributed by atoms with Crippen LogP contribution >= 0.6 is 25.0 Å². The lowest BCUT2D eigenvalue weighted by Gasteiger charge is -2.37. The molecule has 2 aliphatic rings. The molecule has 2 heterocycles. The summed E-state index contributed by atoms with van der Waals surface area (Å²) >= 11 is 4.76. The van der Waals surface area contributed by atoms with E-state index in [1.54, 1.807) is 29.1 Å². The van der Waals surface area contributed by atoms with Gasteiger partial charge < -0.3 is 4.74 Å². The number of piperidine rings is 1. The van der Waals surface area contributed by atoms with E-state index in [0.29, 0.717) is 31.0 Å². The molecule has 6 nitrogen and oxygen atoms in total. The zero-order valence-corrected chi connectivity index (χ0v) is 21.6. The van der Waals surface area contributed by atoms with Crippen molar-refractivity contribution < 1.29 is 18.7 Å². The fourth-order valence-corrected chi connectivity index (χ4v) is 4.58. The lowest BCUT2D eigenvalue weighted by molar-refractivity contribution is -0.144. The highest BCUT2D eigenvalue weighted by atomic mass is 35.5. The first-order valence-electron chi connectivity index (χ1n) is 12.1. The van der Waals surface area contributed by atoms with Crippen molar-refractivity contribution in [3.8, 4) is 0 Å². The third-order valence-electron chi connectivity index (χ3n) is 6.36. The molecule has 0 bridgehead atoms. The molecule has 1 saturated carbocycles. The monoisotopic (exact) mass is 521 g/mol. The minimum absolute atomic E-state index is 0. The van der Waals surface area contributed by atoms with E-state index in [9.17, 15) is 14.0 Å². The summed E-state index contributed by atoms with van der Waals surface area (Å²) in [5.74, 6) is -0.519. The molecule has 9 heteroatoms. The molecular formula is C26H33ClFN3O3S. The molecule has 0 spiro atoms. The number of ketones is 1. The van der Waals surface area contributed by atoms with Gasteiger partial charge in [0.15, 0.2) is 5.78 Å². The number of Topliss-reactive ketones (excluding diaryl/α,β-unsaturated/α-hetero) is 1. The maximum absolute atomic E-state index is 14.7. The predicted molar refractivity (Wildman–Crippen MR) is 139 cm³/mol. The van der Waals surface area contributed by atoms with Gasteiger partial charge in [-0.25, -0.2) is 4.39 Å². The maximum atomic E-state index is 14.7. The number of carbonyl (C=O) groups excluding carboxylic acids is 2. The average molecular weight is 522 g/mol. The molecule has 0 amide bonds. The number of esters is 1. The Bertz CT molecular complexity index is 1060. The summed E-state index contributed by atoms with van der Waals surface area (Å²) in [4.78, 5) is 27.2. The number of halogens is 2. The van der Waals surface area contributed by atoms with E-state index in [4.69, 9.17) is 17.4 Å². The largest absolute Gasteiger partial charge is 0.464 e. The van der Waals surface area contributed by atoms with Gasteiger partial charge in [-0.3, -0.25) is 19.2 Å². The molecule has 0 radical (unpaired) electrons. The molecule has 190 valence electrons. The molecular weight excluding hydrogens is 489 g/mol. The normalized spacial score (nSPS) is 20.3. The number of aromatic nitrogens is 2. The van der Waals surface area contributed by atoms with Gasteiger partial charge in [0.05, 0.1) is 18.3 Å². The smallest absolute Gasteiger partial charge is 0.327 e. The van der Waals surface area contributed by atoms with Crippen LogP contribution in [0.5, 0.6) is 0 Å². The number of rotatable bonds is 10. The van der Waals surface area contributed by atoms with Crippen molar-refractivity contribution in [2.45, 2.75) is 56.9 Å². The minimum Gasteiger partial charge on any atom is -0.464 e. The molecule has 2 fully saturated rings.